The molecule has 3 aromatic carbocycles. The fourth-order valence-corrected chi connectivity index (χ4v) is 5.07. The molecule has 2 heterocycles. The molecule has 1 aromatic heterocycles. The Morgan fingerprint density at radius 1 is 0.889 bits per heavy atom. The molecule has 0 radical (unpaired) electrons. The van der Waals surface area contributed by atoms with Crippen LogP contribution in [0.4, 0.5) is 4.39 Å². The number of fused-ring (bicyclic) bond motifs is 5. The summed E-state index contributed by atoms with van der Waals surface area (Å²) in [6, 6.07) is 15.5. The molecule has 0 amide bonds. The van der Waals surface area contributed by atoms with Crippen LogP contribution in [0.15, 0.2) is 48.5 Å². The van der Waals surface area contributed by atoms with Gasteiger partial charge in [0, 0.05) is 20.2 Å². The first-order valence-corrected chi connectivity index (χ1v) is 9.97. The van der Waals surface area contributed by atoms with Gasteiger partial charge >= 0.3 is 7.12 Å². The van der Waals surface area contributed by atoms with Crippen LogP contribution in [-0.2, 0) is 9.31 Å². The highest BCUT2D eigenvalue weighted by molar-refractivity contribution is 7.27. The van der Waals surface area contributed by atoms with Crippen LogP contribution in [-0.4, -0.2) is 18.3 Å². The second-order valence-corrected chi connectivity index (χ2v) is 9.27. The van der Waals surface area contributed by atoms with Crippen molar-refractivity contribution in [1.82, 2.24) is 0 Å². The average Bonchev–Trinajstić information content (AvgIpc) is 3.08. The first-order valence-electron chi connectivity index (χ1n) is 9.16. The molecule has 0 atom stereocenters. The lowest BCUT2D eigenvalue weighted by Crippen LogP contribution is -2.41. The fraction of sp³-hybridized carbons (Fsp3) is 0.273. The van der Waals surface area contributed by atoms with Gasteiger partial charge in [-0.15, -0.1) is 11.3 Å². The summed E-state index contributed by atoms with van der Waals surface area (Å²) >= 11 is 1.63. The van der Waals surface area contributed by atoms with E-state index in [1.807, 2.05) is 18.2 Å². The summed E-state index contributed by atoms with van der Waals surface area (Å²) in [7, 11) is -0.454. The summed E-state index contributed by atoms with van der Waals surface area (Å²) in [6.45, 7) is 8.25. The molecule has 2 nitrogen and oxygen atoms in total. The maximum atomic E-state index is 13.8. The molecule has 5 heteroatoms. The molecule has 1 fully saturated rings. The topological polar surface area (TPSA) is 18.5 Å². The minimum absolute atomic E-state index is 0.212. The largest absolute Gasteiger partial charge is 0.495 e. The van der Waals surface area contributed by atoms with Gasteiger partial charge in [0.25, 0.3) is 0 Å². The van der Waals surface area contributed by atoms with Gasteiger partial charge in [-0.1, -0.05) is 36.4 Å². The molecule has 1 aliphatic heterocycles. The maximum Gasteiger partial charge on any atom is 0.495 e. The highest BCUT2D eigenvalue weighted by atomic mass is 32.1. The van der Waals surface area contributed by atoms with Crippen molar-refractivity contribution in [1.29, 1.82) is 0 Å². The summed E-state index contributed by atoms with van der Waals surface area (Å²) in [5.74, 6) is -0.212. The minimum atomic E-state index is -0.454. The lowest BCUT2D eigenvalue weighted by Gasteiger charge is -2.32. The Labute approximate surface area is 162 Å². The molecule has 0 unspecified atom stereocenters. The molecular formula is C22H20BFO2S. The van der Waals surface area contributed by atoms with Crippen molar-refractivity contribution in [3.05, 3.63) is 54.3 Å². The third-order valence-corrected chi connectivity index (χ3v) is 7.15. The van der Waals surface area contributed by atoms with Gasteiger partial charge in [-0.3, -0.25) is 0 Å². The smallest absolute Gasteiger partial charge is 0.399 e. The lowest BCUT2D eigenvalue weighted by atomic mass is 9.75. The molecule has 0 saturated carbocycles. The van der Waals surface area contributed by atoms with Crippen molar-refractivity contribution in [3.8, 4) is 0 Å². The van der Waals surface area contributed by atoms with Crippen molar-refractivity contribution >= 4 is 54.9 Å². The normalized spacial score (nSPS) is 18.8. The van der Waals surface area contributed by atoms with Crippen molar-refractivity contribution in [3.63, 3.8) is 0 Å². The van der Waals surface area contributed by atoms with Gasteiger partial charge in [-0.05, 0) is 56.1 Å². The highest BCUT2D eigenvalue weighted by Crippen LogP contribution is 2.41. The molecule has 27 heavy (non-hydrogen) atoms. The van der Waals surface area contributed by atoms with Crippen LogP contribution in [0.25, 0.3) is 30.9 Å². The Morgan fingerprint density at radius 2 is 1.59 bits per heavy atom. The molecular weight excluding hydrogens is 358 g/mol. The van der Waals surface area contributed by atoms with Gasteiger partial charge in [0.2, 0.25) is 0 Å². The Balaban J connectivity index is 1.87. The highest BCUT2D eigenvalue weighted by Gasteiger charge is 2.52. The Morgan fingerprint density at radius 3 is 2.33 bits per heavy atom. The molecule has 5 rings (SSSR count). The van der Waals surface area contributed by atoms with Crippen LogP contribution in [0.5, 0.6) is 0 Å². The summed E-state index contributed by atoms with van der Waals surface area (Å²) in [5, 5.41) is 4.47. The standard InChI is InChI=1S/C22H20BFO2S/c1-21(2)22(3,4)26-23(25-21)17-11-13-7-5-6-8-15(13)20-19(17)16-10-9-14(24)12-18(16)27-20/h5-12H,1-4H3. The molecule has 0 spiro atoms. The number of halogens is 1. The number of hydrogen-bond donors (Lipinski definition) is 0. The fourth-order valence-electron chi connectivity index (χ4n) is 3.77. The minimum Gasteiger partial charge on any atom is -0.399 e. The number of rotatable bonds is 1. The van der Waals surface area contributed by atoms with Crippen molar-refractivity contribution in [2.24, 2.45) is 0 Å². The molecule has 0 N–H and O–H groups in total. The summed E-state index contributed by atoms with van der Waals surface area (Å²) in [5.41, 5.74) is 0.196. The third-order valence-electron chi connectivity index (χ3n) is 5.96. The van der Waals surface area contributed by atoms with E-state index in [4.69, 9.17) is 9.31 Å². The molecule has 1 aliphatic rings. The van der Waals surface area contributed by atoms with Crippen LogP contribution in [0.2, 0.25) is 0 Å². The maximum absolute atomic E-state index is 13.8. The van der Waals surface area contributed by atoms with Crippen LogP contribution in [0.1, 0.15) is 27.7 Å². The van der Waals surface area contributed by atoms with E-state index < -0.39 is 18.3 Å². The molecule has 1 saturated heterocycles. The predicted molar refractivity (Wildman–Crippen MR) is 113 cm³/mol. The molecule has 136 valence electrons. The van der Waals surface area contributed by atoms with Crippen LogP contribution in [0, 0.1) is 5.82 Å². The van der Waals surface area contributed by atoms with Crippen molar-refractivity contribution in [2.75, 3.05) is 0 Å². The summed E-state index contributed by atoms with van der Waals surface area (Å²) in [4.78, 5) is 0. The van der Waals surface area contributed by atoms with Gasteiger partial charge < -0.3 is 9.31 Å². The summed E-state index contributed by atoms with van der Waals surface area (Å²) in [6.07, 6.45) is 0. The predicted octanol–water partition coefficient (Wildman–Crippen LogP) is 5.65. The number of hydrogen-bond acceptors (Lipinski definition) is 3. The Bertz CT molecular complexity index is 1200. The molecule has 0 aliphatic carbocycles. The molecule has 4 aromatic rings. The Hall–Kier alpha value is -1.95. The average molecular weight is 378 g/mol. The van der Waals surface area contributed by atoms with Crippen molar-refractivity contribution < 1.29 is 13.7 Å². The number of thiophene rings is 1. The van der Waals surface area contributed by atoms with Gasteiger partial charge in [0.15, 0.2) is 0 Å². The summed E-state index contributed by atoms with van der Waals surface area (Å²) < 4.78 is 28.7. The van der Waals surface area contributed by atoms with Gasteiger partial charge in [-0.2, -0.15) is 0 Å². The zero-order chi connectivity index (χ0) is 19.0. The SMILES string of the molecule is CC1(C)OB(c2cc3ccccc3c3sc4cc(F)ccc4c23)OC1(C)C. The molecule has 0 bridgehead atoms. The van der Waals surface area contributed by atoms with Crippen molar-refractivity contribution in [2.45, 2.75) is 38.9 Å². The first-order chi connectivity index (χ1) is 12.8. The van der Waals surface area contributed by atoms with Gasteiger partial charge in [0.05, 0.1) is 11.2 Å². The van der Waals surface area contributed by atoms with Crippen LogP contribution >= 0.6 is 11.3 Å². The van der Waals surface area contributed by atoms with Crippen LogP contribution < -0.4 is 5.46 Å². The van der Waals surface area contributed by atoms with E-state index in [0.29, 0.717) is 0 Å². The van der Waals surface area contributed by atoms with E-state index in [2.05, 4.69) is 45.9 Å². The number of benzene rings is 3. The van der Waals surface area contributed by atoms with Gasteiger partial charge in [0.1, 0.15) is 5.82 Å². The lowest BCUT2D eigenvalue weighted by molar-refractivity contribution is 0.00578. The second kappa shape index (κ2) is 5.54. The van der Waals surface area contributed by atoms with E-state index in [1.54, 1.807) is 17.4 Å². The van der Waals surface area contributed by atoms with E-state index in [0.717, 1.165) is 31.0 Å². The quantitative estimate of drug-likeness (QED) is 0.399. The van der Waals surface area contributed by atoms with E-state index in [1.165, 1.54) is 11.5 Å². The zero-order valence-electron chi connectivity index (χ0n) is 15.8. The van der Waals surface area contributed by atoms with Crippen LogP contribution in [0.3, 0.4) is 0 Å². The first kappa shape index (κ1) is 17.2. The van der Waals surface area contributed by atoms with E-state index in [9.17, 15) is 4.39 Å². The Kier molecular flexibility index (Phi) is 3.52. The van der Waals surface area contributed by atoms with Gasteiger partial charge in [-0.25, -0.2) is 4.39 Å². The second-order valence-electron chi connectivity index (χ2n) is 8.22. The zero-order valence-corrected chi connectivity index (χ0v) is 16.6. The van der Waals surface area contributed by atoms with E-state index >= 15 is 0 Å². The third kappa shape index (κ3) is 2.45. The van der Waals surface area contributed by atoms with E-state index in [-0.39, 0.29) is 5.82 Å². The monoisotopic (exact) mass is 378 g/mol.